The van der Waals surface area contributed by atoms with Crippen LogP contribution in [0.4, 0.5) is 0 Å². The van der Waals surface area contributed by atoms with Gasteiger partial charge in [-0.2, -0.15) is 0 Å². The summed E-state index contributed by atoms with van der Waals surface area (Å²) in [6.07, 6.45) is 0.532. The van der Waals surface area contributed by atoms with Crippen molar-refractivity contribution in [3.63, 3.8) is 0 Å². The topological polar surface area (TPSA) is 41.6 Å². The Morgan fingerprint density at radius 1 is 1.32 bits per heavy atom. The lowest BCUT2D eigenvalue weighted by molar-refractivity contribution is -0.130. The summed E-state index contributed by atoms with van der Waals surface area (Å²) in [5.41, 5.74) is 1.11. The molecule has 0 aromatic heterocycles. The number of carbonyl (C=O) groups excluding carboxylic acids is 1. The number of hydrogen-bond donors (Lipinski definition) is 1. The van der Waals surface area contributed by atoms with Crippen molar-refractivity contribution in [2.24, 2.45) is 0 Å². The monoisotopic (exact) mass is 286 g/mol. The molecule has 1 aromatic rings. The van der Waals surface area contributed by atoms with E-state index < -0.39 is 0 Å². The van der Waals surface area contributed by atoms with Gasteiger partial charge in [0.15, 0.2) is 0 Å². The molecular formula is C14H23ClN2O2. The van der Waals surface area contributed by atoms with E-state index in [1.54, 1.807) is 4.90 Å². The summed E-state index contributed by atoms with van der Waals surface area (Å²) in [6, 6.07) is 7.86. The number of amides is 1. The molecule has 1 N–H and O–H groups in total. The third-order valence-corrected chi connectivity index (χ3v) is 2.67. The van der Waals surface area contributed by atoms with Gasteiger partial charge in [0.1, 0.15) is 5.75 Å². The van der Waals surface area contributed by atoms with Gasteiger partial charge in [0.25, 0.3) is 0 Å². The Kier molecular flexibility index (Phi) is 9.00. The van der Waals surface area contributed by atoms with Gasteiger partial charge in [0, 0.05) is 26.6 Å². The number of carbonyl (C=O) groups is 1. The molecule has 0 spiro atoms. The van der Waals surface area contributed by atoms with Crippen molar-refractivity contribution < 1.29 is 9.53 Å². The van der Waals surface area contributed by atoms with Gasteiger partial charge in [-0.25, -0.2) is 0 Å². The summed E-state index contributed by atoms with van der Waals surface area (Å²) in [4.78, 5) is 13.5. The Bertz CT molecular complexity index is 368. The molecule has 1 aromatic carbocycles. The van der Waals surface area contributed by atoms with E-state index in [1.165, 1.54) is 0 Å². The smallest absolute Gasteiger partial charge is 0.223 e. The van der Waals surface area contributed by atoms with Crippen molar-refractivity contribution in [2.45, 2.75) is 19.9 Å². The standard InChI is InChI=1S/C14H22N2O2.ClH/c1-4-18-13-7-5-12(6-8-13)11-16(3)14(17)9-10-15-2;/h5-8,15H,4,9-11H2,1-3H3;1H. The maximum Gasteiger partial charge on any atom is 0.223 e. The fourth-order valence-electron chi connectivity index (χ4n) is 1.64. The first-order chi connectivity index (χ1) is 8.67. The van der Waals surface area contributed by atoms with Crippen LogP contribution in [0.15, 0.2) is 24.3 Å². The lowest BCUT2D eigenvalue weighted by Gasteiger charge is -2.17. The highest BCUT2D eigenvalue weighted by atomic mass is 35.5. The number of hydrogen-bond acceptors (Lipinski definition) is 3. The van der Waals surface area contributed by atoms with Gasteiger partial charge in [0.05, 0.1) is 6.61 Å². The molecule has 1 rings (SSSR count). The van der Waals surface area contributed by atoms with Crippen molar-refractivity contribution >= 4 is 18.3 Å². The molecule has 108 valence electrons. The molecule has 0 saturated carbocycles. The Balaban J connectivity index is 0.00000324. The minimum atomic E-state index is 0. The van der Waals surface area contributed by atoms with Crippen molar-refractivity contribution in [3.05, 3.63) is 29.8 Å². The van der Waals surface area contributed by atoms with E-state index in [-0.39, 0.29) is 18.3 Å². The van der Waals surface area contributed by atoms with E-state index in [9.17, 15) is 4.79 Å². The normalized spacial score (nSPS) is 9.63. The molecule has 5 heteroatoms. The SMILES string of the molecule is CCOc1ccc(CN(C)C(=O)CCNC)cc1.Cl. The highest BCUT2D eigenvalue weighted by Crippen LogP contribution is 2.13. The Morgan fingerprint density at radius 2 is 1.95 bits per heavy atom. The second kappa shape index (κ2) is 9.64. The second-order valence-corrected chi connectivity index (χ2v) is 4.18. The fourth-order valence-corrected chi connectivity index (χ4v) is 1.64. The van der Waals surface area contributed by atoms with Crippen LogP contribution in [-0.2, 0) is 11.3 Å². The molecule has 1 amide bonds. The van der Waals surface area contributed by atoms with Gasteiger partial charge in [0.2, 0.25) is 5.91 Å². The molecule has 0 fully saturated rings. The van der Waals surface area contributed by atoms with Crippen LogP contribution in [0.1, 0.15) is 18.9 Å². The number of ether oxygens (including phenoxy) is 1. The van der Waals surface area contributed by atoms with Crippen LogP contribution in [0.2, 0.25) is 0 Å². The van der Waals surface area contributed by atoms with Crippen LogP contribution in [-0.4, -0.2) is 38.1 Å². The summed E-state index contributed by atoms with van der Waals surface area (Å²) in [5, 5.41) is 2.97. The second-order valence-electron chi connectivity index (χ2n) is 4.18. The largest absolute Gasteiger partial charge is 0.494 e. The van der Waals surface area contributed by atoms with Crippen LogP contribution in [0, 0.1) is 0 Å². The van der Waals surface area contributed by atoms with Crippen molar-refractivity contribution in [1.29, 1.82) is 0 Å². The van der Waals surface area contributed by atoms with E-state index >= 15 is 0 Å². The third-order valence-electron chi connectivity index (χ3n) is 2.67. The van der Waals surface area contributed by atoms with Crippen LogP contribution < -0.4 is 10.1 Å². The van der Waals surface area contributed by atoms with Gasteiger partial charge < -0.3 is 15.0 Å². The van der Waals surface area contributed by atoms with Gasteiger partial charge in [-0.05, 0) is 31.7 Å². The lowest BCUT2D eigenvalue weighted by Crippen LogP contribution is -2.28. The van der Waals surface area contributed by atoms with E-state index in [4.69, 9.17) is 4.74 Å². The van der Waals surface area contributed by atoms with E-state index in [2.05, 4.69) is 5.32 Å². The Hall–Kier alpha value is -1.26. The molecule has 0 aliphatic heterocycles. The predicted octanol–water partition coefficient (Wildman–Crippen LogP) is 2.07. The molecule has 0 atom stereocenters. The summed E-state index contributed by atoms with van der Waals surface area (Å²) in [6.45, 7) is 3.98. The van der Waals surface area contributed by atoms with Gasteiger partial charge in [-0.15, -0.1) is 12.4 Å². The molecule has 0 unspecified atom stereocenters. The maximum atomic E-state index is 11.7. The predicted molar refractivity (Wildman–Crippen MR) is 79.9 cm³/mol. The molecule has 0 heterocycles. The molecule has 0 saturated heterocycles. The minimum Gasteiger partial charge on any atom is -0.494 e. The molecule has 19 heavy (non-hydrogen) atoms. The molecule has 0 radical (unpaired) electrons. The van der Waals surface area contributed by atoms with Gasteiger partial charge in [-0.1, -0.05) is 12.1 Å². The average molecular weight is 287 g/mol. The molecule has 4 nitrogen and oxygen atoms in total. The van der Waals surface area contributed by atoms with E-state index in [0.717, 1.165) is 11.3 Å². The highest BCUT2D eigenvalue weighted by Gasteiger charge is 2.08. The quantitative estimate of drug-likeness (QED) is 0.834. The summed E-state index contributed by atoms with van der Waals surface area (Å²) in [7, 11) is 3.67. The van der Waals surface area contributed by atoms with Crippen LogP contribution in [0.25, 0.3) is 0 Å². The maximum absolute atomic E-state index is 11.7. The van der Waals surface area contributed by atoms with E-state index in [1.807, 2.05) is 45.3 Å². The first kappa shape index (κ1) is 17.7. The number of rotatable bonds is 7. The van der Waals surface area contributed by atoms with Gasteiger partial charge >= 0.3 is 0 Å². The minimum absolute atomic E-state index is 0. The average Bonchev–Trinajstić information content (AvgIpc) is 2.38. The Morgan fingerprint density at radius 3 is 2.47 bits per heavy atom. The van der Waals surface area contributed by atoms with Crippen molar-refractivity contribution in [1.82, 2.24) is 10.2 Å². The van der Waals surface area contributed by atoms with Crippen molar-refractivity contribution in [3.8, 4) is 5.75 Å². The molecular weight excluding hydrogens is 264 g/mol. The first-order valence-electron chi connectivity index (χ1n) is 6.27. The zero-order chi connectivity index (χ0) is 13.4. The van der Waals surface area contributed by atoms with Crippen molar-refractivity contribution in [2.75, 3.05) is 27.2 Å². The van der Waals surface area contributed by atoms with Crippen LogP contribution >= 0.6 is 12.4 Å². The molecule has 0 bridgehead atoms. The zero-order valence-corrected chi connectivity index (χ0v) is 12.6. The number of halogens is 1. The lowest BCUT2D eigenvalue weighted by atomic mass is 10.2. The number of nitrogens with zero attached hydrogens (tertiary/aromatic N) is 1. The summed E-state index contributed by atoms with van der Waals surface area (Å²) >= 11 is 0. The number of benzene rings is 1. The summed E-state index contributed by atoms with van der Waals surface area (Å²) in [5.74, 6) is 1.02. The van der Waals surface area contributed by atoms with Crippen LogP contribution in [0.3, 0.4) is 0 Å². The Labute approximate surface area is 121 Å². The van der Waals surface area contributed by atoms with Gasteiger partial charge in [-0.3, -0.25) is 4.79 Å². The zero-order valence-electron chi connectivity index (χ0n) is 11.8. The third kappa shape index (κ3) is 6.45. The van der Waals surface area contributed by atoms with E-state index in [0.29, 0.717) is 26.1 Å². The molecule has 0 aliphatic rings. The highest BCUT2D eigenvalue weighted by molar-refractivity contribution is 5.85. The molecule has 0 aliphatic carbocycles. The van der Waals surface area contributed by atoms with Crippen LogP contribution in [0.5, 0.6) is 5.75 Å². The number of nitrogens with one attached hydrogen (secondary N) is 1. The first-order valence-corrected chi connectivity index (χ1v) is 6.27. The fraction of sp³-hybridized carbons (Fsp3) is 0.500. The summed E-state index contributed by atoms with van der Waals surface area (Å²) < 4.78 is 5.38.